The van der Waals surface area contributed by atoms with Gasteiger partial charge in [-0.25, -0.2) is 10.8 Å². The summed E-state index contributed by atoms with van der Waals surface area (Å²) in [4.78, 5) is 4.21. The molecular formula is C10H10N4Sn. The molecule has 0 fully saturated rings. The molecule has 1 aromatic rings. The van der Waals surface area contributed by atoms with Gasteiger partial charge in [-0.1, -0.05) is 18.2 Å². The predicted molar refractivity (Wildman–Crippen MR) is 61.3 cm³/mol. The molecule has 1 unspecified atom stereocenters. The minimum Gasteiger partial charge on any atom is -0.364 e. The van der Waals surface area contributed by atoms with Gasteiger partial charge >= 0.3 is 0 Å². The van der Waals surface area contributed by atoms with Gasteiger partial charge in [-0.15, -0.1) is 0 Å². The first-order valence-electron chi connectivity index (χ1n) is 4.49. The van der Waals surface area contributed by atoms with Gasteiger partial charge in [0.15, 0.2) is 0 Å². The van der Waals surface area contributed by atoms with Crippen LogP contribution in [-0.2, 0) is 0 Å². The molecule has 4 nitrogen and oxygen atoms in total. The average molecular weight is 305 g/mol. The van der Waals surface area contributed by atoms with E-state index < -0.39 is 0 Å². The van der Waals surface area contributed by atoms with Crippen LogP contribution in [0.1, 0.15) is 11.6 Å². The Hall–Kier alpha value is -1.01. The van der Waals surface area contributed by atoms with Gasteiger partial charge < -0.3 is 5.32 Å². The fourth-order valence-corrected chi connectivity index (χ4v) is 1.88. The molecule has 3 N–H and O–H groups in total. The van der Waals surface area contributed by atoms with E-state index >= 15 is 0 Å². The van der Waals surface area contributed by atoms with E-state index in [2.05, 4.69) is 16.4 Å². The minimum absolute atomic E-state index is 0. The van der Waals surface area contributed by atoms with E-state index in [1.54, 1.807) is 11.3 Å². The maximum absolute atomic E-state index is 5.86. The zero-order valence-electron chi connectivity index (χ0n) is 8.01. The molecule has 0 saturated heterocycles. The van der Waals surface area contributed by atoms with Crippen LogP contribution in [0.3, 0.4) is 0 Å². The molecule has 4 radical (unpaired) electrons. The molecule has 2 aliphatic heterocycles. The largest absolute Gasteiger partial charge is 0.364 e. The summed E-state index contributed by atoms with van der Waals surface area (Å²) >= 11 is 0. The molecule has 0 saturated carbocycles. The Bertz CT molecular complexity index is 441. The molecule has 0 bridgehead atoms. The number of nitrogens with zero attached hydrogens (tertiary/aromatic N) is 2. The zero-order valence-corrected chi connectivity index (χ0v) is 10.9. The number of hydrogen-bond acceptors (Lipinski definition) is 4. The summed E-state index contributed by atoms with van der Waals surface area (Å²) in [6, 6.07) is 8.23. The Morgan fingerprint density at radius 1 is 1.33 bits per heavy atom. The number of rotatable bonds is 0. The summed E-state index contributed by atoms with van der Waals surface area (Å²) in [6.45, 7) is 0. The van der Waals surface area contributed by atoms with Gasteiger partial charge in [0.25, 0.3) is 0 Å². The van der Waals surface area contributed by atoms with Crippen LogP contribution in [0.5, 0.6) is 0 Å². The first kappa shape index (κ1) is 10.5. The van der Waals surface area contributed by atoms with Gasteiger partial charge in [0.05, 0.1) is 23.8 Å². The maximum atomic E-state index is 5.86. The number of benzene rings is 1. The van der Waals surface area contributed by atoms with E-state index in [9.17, 15) is 0 Å². The smallest absolute Gasteiger partial charge is 0.0983 e. The van der Waals surface area contributed by atoms with Crippen LogP contribution in [0.25, 0.3) is 0 Å². The summed E-state index contributed by atoms with van der Waals surface area (Å²) in [6.07, 6.45) is 3.57. The Morgan fingerprint density at radius 3 is 3.00 bits per heavy atom. The van der Waals surface area contributed by atoms with Crippen LogP contribution in [0, 0.1) is 0 Å². The van der Waals surface area contributed by atoms with Gasteiger partial charge in [-0.05, 0) is 6.07 Å². The van der Waals surface area contributed by atoms with Crippen LogP contribution in [0.15, 0.2) is 41.2 Å². The number of nitrogens with one attached hydrogen (secondary N) is 1. The van der Waals surface area contributed by atoms with Crippen molar-refractivity contribution in [2.24, 2.45) is 10.8 Å². The normalized spacial score (nSPS) is 21.0. The second kappa shape index (κ2) is 3.86. The van der Waals surface area contributed by atoms with E-state index in [1.165, 1.54) is 5.56 Å². The molecule has 2 heterocycles. The number of para-hydroxylation sites is 1. The van der Waals surface area contributed by atoms with E-state index in [4.69, 9.17) is 5.84 Å². The Morgan fingerprint density at radius 2 is 2.13 bits per heavy atom. The second-order valence-electron chi connectivity index (χ2n) is 3.38. The van der Waals surface area contributed by atoms with Crippen molar-refractivity contribution in [3.63, 3.8) is 0 Å². The maximum Gasteiger partial charge on any atom is 0.0983 e. The number of nitrogens with two attached hydrogens (primary N) is 1. The van der Waals surface area contributed by atoms with Gasteiger partial charge in [0.2, 0.25) is 0 Å². The Kier molecular flexibility index (Phi) is 2.70. The molecule has 0 spiro atoms. The molecule has 74 valence electrons. The Labute approximate surface area is 105 Å². The van der Waals surface area contributed by atoms with Crippen LogP contribution >= 0.6 is 0 Å². The fourth-order valence-electron chi connectivity index (χ4n) is 1.88. The molecule has 1 atom stereocenters. The first-order valence-corrected chi connectivity index (χ1v) is 4.49. The van der Waals surface area contributed by atoms with E-state index in [0.717, 1.165) is 11.4 Å². The molecule has 0 aromatic heterocycles. The fraction of sp³-hybridized carbons (Fsp3) is 0.100. The standard InChI is InChI=1S/C10H10N4.Sn/c11-14-5-8-10(13-6-12-8)7-3-1-2-4-9(7)14;/h1-6,10H,11H2,(H,12,13);. The molecule has 0 aliphatic carbocycles. The Balaban J connectivity index is 0.000000853. The molecule has 5 heteroatoms. The van der Waals surface area contributed by atoms with E-state index in [1.807, 2.05) is 24.4 Å². The van der Waals surface area contributed by atoms with Crippen molar-refractivity contribution < 1.29 is 0 Å². The number of hydrogen-bond donors (Lipinski definition) is 2. The monoisotopic (exact) mass is 306 g/mol. The first-order chi connectivity index (χ1) is 6.86. The second-order valence-corrected chi connectivity index (χ2v) is 3.38. The zero-order chi connectivity index (χ0) is 9.54. The summed E-state index contributed by atoms with van der Waals surface area (Å²) in [5.74, 6) is 5.86. The summed E-state index contributed by atoms with van der Waals surface area (Å²) in [5.41, 5.74) is 3.16. The number of aliphatic imine (C=N–C) groups is 1. The van der Waals surface area contributed by atoms with Gasteiger partial charge in [-0.2, -0.15) is 0 Å². The van der Waals surface area contributed by atoms with Crippen molar-refractivity contribution >= 4 is 35.9 Å². The number of anilines is 1. The van der Waals surface area contributed by atoms with Crippen molar-refractivity contribution in [1.82, 2.24) is 5.32 Å². The van der Waals surface area contributed by atoms with E-state index in [-0.39, 0.29) is 29.9 Å². The summed E-state index contributed by atoms with van der Waals surface area (Å²) in [7, 11) is 0. The molecule has 0 amide bonds. The molecule has 1 aromatic carbocycles. The summed E-state index contributed by atoms with van der Waals surface area (Å²) < 4.78 is 0. The predicted octanol–water partition coefficient (Wildman–Crippen LogP) is 0.513. The van der Waals surface area contributed by atoms with Gasteiger partial charge in [0, 0.05) is 35.7 Å². The summed E-state index contributed by atoms with van der Waals surface area (Å²) in [5, 5.41) is 4.81. The number of hydrazine groups is 1. The molecule has 2 aliphatic rings. The van der Waals surface area contributed by atoms with Crippen molar-refractivity contribution in [1.29, 1.82) is 0 Å². The van der Waals surface area contributed by atoms with Crippen molar-refractivity contribution in [3.05, 3.63) is 41.7 Å². The third-order valence-corrected chi connectivity index (χ3v) is 2.55. The van der Waals surface area contributed by atoms with Crippen LogP contribution in [0.2, 0.25) is 0 Å². The topological polar surface area (TPSA) is 53.6 Å². The van der Waals surface area contributed by atoms with Crippen LogP contribution in [0.4, 0.5) is 5.69 Å². The minimum atomic E-state index is 0. The van der Waals surface area contributed by atoms with Crippen molar-refractivity contribution in [2.45, 2.75) is 6.04 Å². The van der Waals surface area contributed by atoms with Crippen LogP contribution in [-0.4, -0.2) is 30.2 Å². The SMILES string of the molecule is NN1C=C2N=CNC2c2ccccc21.[Sn]. The van der Waals surface area contributed by atoms with Crippen molar-refractivity contribution in [2.75, 3.05) is 5.01 Å². The average Bonchev–Trinajstić information content (AvgIpc) is 2.66. The van der Waals surface area contributed by atoms with Crippen molar-refractivity contribution in [3.8, 4) is 0 Å². The quantitative estimate of drug-likeness (QED) is 0.542. The third-order valence-electron chi connectivity index (χ3n) is 2.55. The van der Waals surface area contributed by atoms with E-state index in [0.29, 0.717) is 0 Å². The number of fused-ring (bicyclic) bond motifs is 3. The van der Waals surface area contributed by atoms with Gasteiger partial charge in [-0.3, -0.25) is 5.01 Å². The molecule has 3 rings (SSSR count). The molecule has 15 heavy (non-hydrogen) atoms. The van der Waals surface area contributed by atoms with Crippen LogP contribution < -0.4 is 16.2 Å². The molecular weight excluding hydrogens is 295 g/mol. The van der Waals surface area contributed by atoms with Gasteiger partial charge in [0.1, 0.15) is 0 Å². The third kappa shape index (κ3) is 1.53.